The Kier molecular flexibility index (Phi) is 6.65. The molecule has 0 amide bonds. The molecule has 7 nitrogen and oxygen atoms in total. The number of aromatic amines is 1. The molecule has 1 fully saturated rings. The summed E-state index contributed by atoms with van der Waals surface area (Å²) in [5.41, 5.74) is 12.6. The number of nitrogens with one attached hydrogen (secondary N) is 1. The Labute approximate surface area is 246 Å². The van der Waals surface area contributed by atoms with Crippen molar-refractivity contribution >= 4 is 27.8 Å². The van der Waals surface area contributed by atoms with Crippen molar-refractivity contribution in [1.29, 1.82) is 0 Å². The summed E-state index contributed by atoms with van der Waals surface area (Å²) in [7, 11) is 0. The molecule has 10 heteroatoms. The van der Waals surface area contributed by atoms with Gasteiger partial charge in [-0.3, -0.25) is 4.98 Å². The molecule has 0 aliphatic carbocycles. The van der Waals surface area contributed by atoms with Gasteiger partial charge in [0.1, 0.15) is 28.9 Å². The quantitative estimate of drug-likeness (QED) is 0.231. The topological polar surface area (TPSA) is 88.7 Å². The highest BCUT2D eigenvalue weighted by Crippen LogP contribution is 2.44. The van der Waals surface area contributed by atoms with Crippen molar-refractivity contribution in [2.45, 2.75) is 38.8 Å². The molecule has 1 aliphatic heterocycles. The van der Waals surface area contributed by atoms with Crippen LogP contribution >= 0.6 is 0 Å². The average molecular weight is 582 g/mol. The maximum Gasteiger partial charge on any atom is 0.143 e. The molecule has 1 atom stereocenters. The number of nitrogens with zero attached hydrogens (tertiary/aromatic N) is 5. The molecule has 0 saturated carbocycles. The summed E-state index contributed by atoms with van der Waals surface area (Å²) >= 11 is 0. The largest absolute Gasteiger partial charge is 0.370 e. The van der Waals surface area contributed by atoms with Crippen LogP contribution in [0.1, 0.15) is 37.1 Å². The maximum absolute atomic E-state index is 14.5. The number of hydrogen-bond acceptors (Lipinski definition) is 5. The van der Waals surface area contributed by atoms with Crippen LogP contribution < -0.4 is 10.6 Å². The highest BCUT2D eigenvalue weighted by atomic mass is 19.1. The van der Waals surface area contributed by atoms with Crippen LogP contribution in [-0.4, -0.2) is 43.6 Å². The van der Waals surface area contributed by atoms with Crippen LogP contribution in [0.3, 0.4) is 0 Å². The first-order valence-corrected chi connectivity index (χ1v) is 14.3. The molecule has 218 valence electrons. The smallest absolute Gasteiger partial charge is 0.143 e. The number of hydrogen-bond donors (Lipinski definition) is 2. The average Bonchev–Trinajstić information content (AvgIpc) is 3.58. The molecule has 0 bridgehead atoms. The third-order valence-corrected chi connectivity index (χ3v) is 8.32. The number of pyridine rings is 2. The fourth-order valence-corrected chi connectivity index (χ4v) is 6.03. The zero-order valence-electron chi connectivity index (χ0n) is 23.8. The number of rotatable bonds is 5. The summed E-state index contributed by atoms with van der Waals surface area (Å²) in [6, 6.07) is 11.8. The molecule has 1 unspecified atom stereocenters. The van der Waals surface area contributed by atoms with E-state index in [9.17, 15) is 13.2 Å². The normalized spacial score (nSPS) is 15.1. The molecule has 7 rings (SSSR count). The predicted octanol–water partition coefficient (Wildman–Crippen LogP) is 6.90. The first-order valence-electron chi connectivity index (χ1n) is 14.3. The van der Waals surface area contributed by atoms with Crippen LogP contribution in [0.15, 0.2) is 67.1 Å². The van der Waals surface area contributed by atoms with Crippen LogP contribution in [-0.2, 0) is 0 Å². The lowest BCUT2D eigenvalue weighted by atomic mass is 9.98. The number of nitrogens with two attached hydrogens (primary N) is 1. The Bertz CT molecular complexity index is 1950. The highest BCUT2D eigenvalue weighted by Gasteiger charge is 2.28. The van der Waals surface area contributed by atoms with Gasteiger partial charge in [-0.2, -0.15) is 0 Å². The number of halogens is 3. The van der Waals surface area contributed by atoms with Crippen LogP contribution in [0, 0.1) is 24.4 Å². The second-order valence-electron chi connectivity index (χ2n) is 11.3. The zero-order valence-corrected chi connectivity index (χ0v) is 23.8. The third kappa shape index (κ3) is 4.91. The minimum absolute atomic E-state index is 0.0746. The number of aryl methyl sites for hydroxylation is 1. The van der Waals surface area contributed by atoms with E-state index in [0.29, 0.717) is 46.7 Å². The molecule has 1 saturated heterocycles. The van der Waals surface area contributed by atoms with Gasteiger partial charge in [-0.25, -0.2) is 23.1 Å². The van der Waals surface area contributed by atoms with E-state index in [4.69, 9.17) is 15.7 Å². The van der Waals surface area contributed by atoms with Gasteiger partial charge in [-0.05, 0) is 74.2 Å². The minimum atomic E-state index is -0.669. The van der Waals surface area contributed by atoms with Gasteiger partial charge in [0.15, 0.2) is 0 Å². The van der Waals surface area contributed by atoms with Gasteiger partial charge >= 0.3 is 0 Å². The SMILES string of the molecule is Cc1ccc(C(C)n2cc(-c3nc4ccc(F)cc4[nH]3)c3c(N4CCC(N)CC4)c(-c4cc(F)cc(F)c4)cnc32)nc1. The summed E-state index contributed by atoms with van der Waals surface area (Å²) in [4.78, 5) is 19.9. The van der Waals surface area contributed by atoms with Crippen molar-refractivity contribution in [1.82, 2.24) is 24.5 Å². The van der Waals surface area contributed by atoms with Gasteiger partial charge in [0.2, 0.25) is 0 Å². The number of benzene rings is 2. The summed E-state index contributed by atoms with van der Waals surface area (Å²) in [6.45, 7) is 5.36. The molecule has 5 heterocycles. The minimum Gasteiger partial charge on any atom is -0.370 e. The summed E-state index contributed by atoms with van der Waals surface area (Å²) in [5, 5.41) is 0.774. The zero-order chi connectivity index (χ0) is 29.8. The van der Waals surface area contributed by atoms with E-state index in [1.807, 2.05) is 42.9 Å². The number of aromatic nitrogens is 5. The first kappa shape index (κ1) is 27.2. The summed E-state index contributed by atoms with van der Waals surface area (Å²) in [5.74, 6) is -1.17. The third-order valence-electron chi connectivity index (χ3n) is 8.32. The van der Waals surface area contributed by atoms with Gasteiger partial charge in [-0.1, -0.05) is 6.07 Å². The lowest BCUT2D eigenvalue weighted by Gasteiger charge is -2.34. The molecule has 3 N–H and O–H groups in total. The molecule has 6 aromatic rings. The van der Waals surface area contributed by atoms with E-state index in [0.717, 1.165) is 46.8 Å². The fourth-order valence-electron chi connectivity index (χ4n) is 6.03. The molecular weight excluding hydrogens is 551 g/mol. The van der Waals surface area contributed by atoms with Crippen molar-refractivity contribution < 1.29 is 13.2 Å². The van der Waals surface area contributed by atoms with E-state index < -0.39 is 11.6 Å². The second-order valence-corrected chi connectivity index (χ2v) is 11.3. The molecule has 0 spiro atoms. The van der Waals surface area contributed by atoms with E-state index in [-0.39, 0.29) is 17.9 Å². The van der Waals surface area contributed by atoms with Crippen molar-refractivity contribution in [2.75, 3.05) is 18.0 Å². The monoisotopic (exact) mass is 581 g/mol. The number of H-pyrrole nitrogens is 1. The lowest BCUT2D eigenvalue weighted by molar-refractivity contribution is 0.502. The van der Waals surface area contributed by atoms with Crippen LogP contribution in [0.2, 0.25) is 0 Å². The van der Waals surface area contributed by atoms with E-state index in [1.54, 1.807) is 12.3 Å². The molecule has 1 aliphatic rings. The van der Waals surface area contributed by atoms with E-state index >= 15 is 0 Å². The fraction of sp³-hybridized carbons (Fsp3) is 0.242. The Balaban J connectivity index is 1.54. The molecule has 2 aromatic carbocycles. The van der Waals surface area contributed by atoms with Crippen LogP contribution in [0.5, 0.6) is 0 Å². The highest BCUT2D eigenvalue weighted by molar-refractivity contribution is 6.07. The number of fused-ring (bicyclic) bond motifs is 2. The number of imidazole rings is 1. The first-order chi connectivity index (χ1) is 20.7. The molecular formula is C33H30F3N7. The summed E-state index contributed by atoms with van der Waals surface area (Å²) < 4.78 is 45.2. The van der Waals surface area contributed by atoms with E-state index in [1.165, 1.54) is 24.3 Å². The van der Waals surface area contributed by atoms with Crippen molar-refractivity contribution in [3.63, 3.8) is 0 Å². The van der Waals surface area contributed by atoms with E-state index in [2.05, 4.69) is 14.9 Å². The Morgan fingerprint density at radius 3 is 2.40 bits per heavy atom. The molecule has 0 radical (unpaired) electrons. The lowest BCUT2D eigenvalue weighted by Crippen LogP contribution is -2.40. The Hall–Kier alpha value is -4.70. The van der Waals surface area contributed by atoms with Gasteiger partial charge in [-0.15, -0.1) is 0 Å². The van der Waals surface area contributed by atoms with Gasteiger partial charge in [0, 0.05) is 54.9 Å². The predicted molar refractivity (Wildman–Crippen MR) is 162 cm³/mol. The molecule has 43 heavy (non-hydrogen) atoms. The van der Waals surface area contributed by atoms with Crippen molar-refractivity contribution in [2.24, 2.45) is 5.73 Å². The Morgan fingerprint density at radius 2 is 1.67 bits per heavy atom. The number of piperidine rings is 1. The van der Waals surface area contributed by atoms with Gasteiger partial charge in [0.25, 0.3) is 0 Å². The second kappa shape index (κ2) is 10.5. The summed E-state index contributed by atoms with van der Waals surface area (Å²) in [6.07, 6.45) is 7.03. The van der Waals surface area contributed by atoms with Crippen LogP contribution in [0.4, 0.5) is 18.9 Å². The van der Waals surface area contributed by atoms with Crippen molar-refractivity contribution in [3.05, 3.63) is 95.8 Å². The van der Waals surface area contributed by atoms with Gasteiger partial charge < -0.3 is 20.2 Å². The maximum atomic E-state index is 14.5. The number of anilines is 1. The van der Waals surface area contributed by atoms with Crippen LogP contribution in [0.25, 0.3) is 44.6 Å². The van der Waals surface area contributed by atoms with Crippen molar-refractivity contribution in [3.8, 4) is 22.5 Å². The standard InChI is InChI=1S/C33H30F3N7/c1-18-3-5-27(38-15-18)19(2)43-17-26(32-40-28-6-4-21(34)14-29(28)41-32)30-31(42-9-7-24(37)8-10-42)25(16-39-33(30)43)20-11-22(35)13-23(36)12-20/h3-6,11-17,19,24H,7-10,37H2,1-2H3,(H,40,41). The molecule has 4 aromatic heterocycles. The van der Waals surface area contributed by atoms with Gasteiger partial charge in [0.05, 0.1) is 33.8 Å². The Morgan fingerprint density at radius 1 is 0.907 bits per heavy atom.